The van der Waals surface area contributed by atoms with Crippen molar-refractivity contribution < 1.29 is 28.6 Å². The topological polar surface area (TPSA) is 78.9 Å². The lowest BCUT2D eigenvalue weighted by Gasteiger charge is -2.18. The normalized spacial score (nSPS) is 12.3. The molecule has 6 nitrogen and oxygen atoms in total. The van der Waals surface area contributed by atoms with Crippen LogP contribution in [0.15, 0.2) is 48.6 Å². The molecule has 0 aliphatic carbocycles. The van der Waals surface area contributed by atoms with Gasteiger partial charge in [0, 0.05) is 19.3 Å². The maximum atomic E-state index is 12.8. The summed E-state index contributed by atoms with van der Waals surface area (Å²) < 4.78 is 16.8. The molecular formula is C63H114O6. The highest BCUT2D eigenvalue weighted by molar-refractivity contribution is 5.71. The van der Waals surface area contributed by atoms with E-state index in [1.54, 1.807) is 0 Å². The molecule has 0 saturated heterocycles. The molecule has 1 atom stereocenters. The molecule has 0 amide bonds. The molecule has 0 spiro atoms. The van der Waals surface area contributed by atoms with Gasteiger partial charge in [-0.25, -0.2) is 0 Å². The average Bonchev–Trinajstić information content (AvgIpc) is 3.35. The van der Waals surface area contributed by atoms with Gasteiger partial charge in [-0.2, -0.15) is 0 Å². The van der Waals surface area contributed by atoms with Gasteiger partial charge in [-0.1, -0.05) is 268 Å². The minimum absolute atomic E-state index is 0.0816. The van der Waals surface area contributed by atoms with E-state index in [1.165, 1.54) is 193 Å². The highest BCUT2D eigenvalue weighted by Gasteiger charge is 2.19. The minimum atomic E-state index is -0.785. The molecule has 0 rings (SSSR count). The van der Waals surface area contributed by atoms with Crippen LogP contribution in [-0.2, 0) is 28.6 Å². The van der Waals surface area contributed by atoms with E-state index in [0.29, 0.717) is 19.3 Å². The van der Waals surface area contributed by atoms with Crippen LogP contribution in [0.4, 0.5) is 0 Å². The molecule has 0 radical (unpaired) electrons. The van der Waals surface area contributed by atoms with Gasteiger partial charge in [-0.15, -0.1) is 0 Å². The Labute approximate surface area is 428 Å². The molecule has 0 heterocycles. The predicted octanol–water partition coefficient (Wildman–Crippen LogP) is 20.2. The van der Waals surface area contributed by atoms with Crippen LogP contribution in [0, 0.1) is 0 Å². The maximum absolute atomic E-state index is 12.8. The van der Waals surface area contributed by atoms with Gasteiger partial charge in [0.05, 0.1) is 0 Å². The fourth-order valence-electron chi connectivity index (χ4n) is 8.81. The van der Waals surface area contributed by atoms with E-state index in [4.69, 9.17) is 14.2 Å². The molecule has 0 aromatic rings. The summed E-state index contributed by atoms with van der Waals surface area (Å²) in [5, 5.41) is 0. The molecule has 0 N–H and O–H groups in total. The summed E-state index contributed by atoms with van der Waals surface area (Å²) in [7, 11) is 0. The summed E-state index contributed by atoms with van der Waals surface area (Å²) in [4.78, 5) is 38.1. The van der Waals surface area contributed by atoms with Crippen LogP contribution < -0.4 is 0 Å². The highest BCUT2D eigenvalue weighted by Crippen LogP contribution is 2.17. The maximum Gasteiger partial charge on any atom is 0.306 e. The largest absolute Gasteiger partial charge is 0.462 e. The van der Waals surface area contributed by atoms with Crippen LogP contribution in [0.3, 0.4) is 0 Å². The summed E-state index contributed by atoms with van der Waals surface area (Å²) in [6.07, 6.45) is 71.2. The third-order valence-corrected chi connectivity index (χ3v) is 13.3. The molecule has 0 aliphatic heterocycles. The molecule has 6 heteroatoms. The van der Waals surface area contributed by atoms with Gasteiger partial charge in [0.15, 0.2) is 6.10 Å². The Kier molecular flexibility index (Phi) is 55.7. The molecule has 0 aliphatic rings. The third-order valence-electron chi connectivity index (χ3n) is 13.3. The van der Waals surface area contributed by atoms with Gasteiger partial charge in [-0.3, -0.25) is 14.4 Å². The van der Waals surface area contributed by atoms with Crippen LogP contribution in [0.5, 0.6) is 0 Å². The lowest BCUT2D eigenvalue weighted by Crippen LogP contribution is -2.30. The number of hydrogen-bond donors (Lipinski definition) is 0. The number of ether oxygens (including phenoxy) is 3. The number of carbonyl (C=O) groups is 3. The quantitative estimate of drug-likeness (QED) is 0.0262. The van der Waals surface area contributed by atoms with Crippen LogP contribution in [0.25, 0.3) is 0 Å². The lowest BCUT2D eigenvalue weighted by atomic mass is 10.0. The second kappa shape index (κ2) is 57.9. The van der Waals surface area contributed by atoms with Crippen molar-refractivity contribution in [3.63, 3.8) is 0 Å². The molecule has 0 aromatic heterocycles. The molecule has 0 bridgehead atoms. The first kappa shape index (κ1) is 66.4. The zero-order valence-electron chi connectivity index (χ0n) is 46.1. The molecule has 402 valence electrons. The first-order valence-corrected chi connectivity index (χ1v) is 30.1. The molecular weight excluding hydrogens is 853 g/mol. The summed E-state index contributed by atoms with van der Waals surface area (Å²) in [6, 6.07) is 0. The van der Waals surface area contributed by atoms with E-state index < -0.39 is 6.10 Å². The Morgan fingerprint density at radius 1 is 0.304 bits per heavy atom. The standard InChI is InChI=1S/C63H114O6/c1-4-7-10-13-16-19-22-25-26-27-28-29-30-31-32-33-34-35-36-39-41-44-47-50-53-56-62(65)68-59-60(69-63(66)57-54-51-48-45-42-38-24-21-18-15-12-9-6-3)58-67-61(64)55-52-49-46-43-40-37-23-20-17-14-11-8-5-2/h9,12,18,21,27-28,38,42,60H,4-8,10-11,13-17,19-20,22-26,29-37,39-41,43-59H2,1-3H3/b12-9-,21-18-,28-27-,42-38-. The highest BCUT2D eigenvalue weighted by atomic mass is 16.6. The molecule has 1 unspecified atom stereocenters. The second-order valence-electron chi connectivity index (χ2n) is 20.2. The SMILES string of the molecule is CC/C=C\C/C=C\C/C=C\CCCCCC(=O)OC(COC(=O)CCCCCCCCCCCCCCC)COC(=O)CCCCCCCCCCCCCCC/C=C\CCCCCCCCCC. The van der Waals surface area contributed by atoms with Crippen molar-refractivity contribution in [2.45, 2.75) is 322 Å². The smallest absolute Gasteiger partial charge is 0.306 e. The Balaban J connectivity index is 4.23. The van der Waals surface area contributed by atoms with Crippen molar-refractivity contribution in [3.8, 4) is 0 Å². The fourth-order valence-corrected chi connectivity index (χ4v) is 8.81. The first-order valence-electron chi connectivity index (χ1n) is 30.1. The summed E-state index contributed by atoms with van der Waals surface area (Å²) >= 11 is 0. The van der Waals surface area contributed by atoms with Crippen molar-refractivity contribution in [1.29, 1.82) is 0 Å². The van der Waals surface area contributed by atoms with Crippen molar-refractivity contribution >= 4 is 17.9 Å². The fraction of sp³-hybridized carbons (Fsp3) is 0.825. The first-order chi connectivity index (χ1) is 34.0. The predicted molar refractivity (Wildman–Crippen MR) is 298 cm³/mol. The number of carbonyl (C=O) groups excluding carboxylic acids is 3. The van der Waals surface area contributed by atoms with Crippen molar-refractivity contribution in [2.24, 2.45) is 0 Å². The Morgan fingerprint density at radius 2 is 0.565 bits per heavy atom. The monoisotopic (exact) mass is 967 g/mol. The van der Waals surface area contributed by atoms with E-state index >= 15 is 0 Å². The third kappa shape index (κ3) is 56.2. The minimum Gasteiger partial charge on any atom is -0.462 e. The van der Waals surface area contributed by atoms with Crippen LogP contribution >= 0.6 is 0 Å². The summed E-state index contributed by atoms with van der Waals surface area (Å²) in [6.45, 7) is 6.54. The molecule has 0 aromatic carbocycles. The van der Waals surface area contributed by atoms with Crippen LogP contribution in [0.2, 0.25) is 0 Å². The van der Waals surface area contributed by atoms with Crippen molar-refractivity contribution in [2.75, 3.05) is 13.2 Å². The Hall–Kier alpha value is -2.63. The van der Waals surface area contributed by atoms with E-state index in [2.05, 4.69) is 69.4 Å². The number of unbranched alkanes of at least 4 members (excludes halogenated alkanes) is 36. The van der Waals surface area contributed by atoms with Gasteiger partial charge in [0.25, 0.3) is 0 Å². The van der Waals surface area contributed by atoms with Gasteiger partial charge < -0.3 is 14.2 Å². The average molecular weight is 968 g/mol. The van der Waals surface area contributed by atoms with Gasteiger partial charge in [0.1, 0.15) is 13.2 Å². The van der Waals surface area contributed by atoms with Crippen molar-refractivity contribution in [3.05, 3.63) is 48.6 Å². The number of rotatable bonds is 55. The van der Waals surface area contributed by atoms with Gasteiger partial charge >= 0.3 is 17.9 Å². The Bertz CT molecular complexity index is 1200. The summed E-state index contributed by atoms with van der Waals surface area (Å²) in [5.41, 5.74) is 0. The number of hydrogen-bond acceptors (Lipinski definition) is 6. The van der Waals surface area contributed by atoms with Crippen molar-refractivity contribution in [1.82, 2.24) is 0 Å². The van der Waals surface area contributed by atoms with E-state index in [-0.39, 0.29) is 31.1 Å². The Morgan fingerprint density at radius 3 is 0.913 bits per heavy atom. The zero-order valence-corrected chi connectivity index (χ0v) is 46.1. The van der Waals surface area contributed by atoms with E-state index in [9.17, 15) is 14.4 Å². The van der Waals surface area contributed by atoms with Crippen LogP contribution in [-0.4, -0.2) is 37.2 Å². The molecule has 69 heavy (non-hydrogen) atoms. The van der Waals surface area contributed by atoms with Gasteiger partial charge in [0.2, 0.25) is 0 Å². The number of allylic oxidation sites excluding steroid dienone is 8. The van der Waals surface area contributed by atoms with Gasteiger partial charge in [-0.05, 0) is 77.0 Å². The van der Waals surface area contributed by atoms with Crippen LogP contribution in [0.1, 0.15) is 316 Å². The van der Waals surface area contributed by atoms with E-state index in [0.717, 1.165) is 83.5 Å². The zero-order chi connectivity index (χ0) is 50.0. The lowest BCUT2D eigenvalue weighted by molar-refractivity contribution is -0.167. The molecule has 0 saturated carbocycles. The second-order valence-corrected chi connectivity index (χ2v) is 20.2. The summed E-state index contributed by atoms with van der Waals surface area (Å²) in [5.74, 6) is -0.896. The van der Waals surface area contributed by atoms with E-state index in [1.807, 2.05) is 0 Å². The number of esters is 3. The molecule has 0 fully saturated rings.